The second-order valence-corrected chi connectivity index (χ2v) is 5.75. The van der Waals surface area contributed by atoms with Gasteiger partial charge in [0, 0.05) is 23.1 Å². The monoisotopic (exact) mass is 302 g/mol. The van der Waals surface area contributed by atoms with Crippen molar-refractivity contribution < 1.29 is 9.90 Å². The van der Waals surface area contributed by atoms with E-state index in [-0.39, 0.29) is 12.5 Å². The second kappa shape index (κ2) is 7.81. The number of carbonyl (C=O) groups excluding carboxylic acids is 1. The lowest BCUT2D eigenvalue weighted by Gasteiger charge is -2.09. The Morgan fingerprint density at radius 2 is 2.05 bits per heavy atom. The molecule has 0 aliphatic heterocycles. The maximum absolute atomic E-state index is 12.2. The largest absolute Gasteiger partial charge is 0.392 e. The summed E-state index contributed by atoms with van der Waals surface area (Å²) >= 11 is 1.85. The van der Waals surface area contributed by atoms with Crippen molar-refractivity contribution in [1.82, 2.24) is 4.98 Å². The number of nitrogens with zero attached hydrogens (tertiary/aromatic N) is 1. The number of aliphatic hydroxyl groups excluding tert-OH is 1. The molecule has 1 aromatic heterocycles. The molecule has 2 N–H and O–H groups in total. The Bertz CT molecular complexity index is 599. The van der Waals surface area contributed by atoms with Crippen LogP contribution < -0.4 is 5.32 Å². The molecule has 0 unspecified atom stereocenters. The first-order chi connectivity index (χ1) is 10.2. The highest BCUT2D eigenvalue weighted by atomic mass is 32.2. The number of benzene rings is 1. The van der Waals surface area contributed by atoms with Crippen LogP contribution in [-0.4, -0.2) is 21.8 Å². The third-order valence-corrected chi connectivity index (χ3v) is 3.96. The molecular weight excluding hydrogens is 284 g/mol. The van der Waals surface area contributed by atoms with Crippen LogP contribution in [-0.2, 0) is 12.4 Å². The molecule has 110 valence electrons. The molecule has 0 saturated heterocycles. The SMILES string of the molecule is CCSCc1ccc(C(=O)Nc2cnccc2CO)cc1. The van der Waals surface area contributed by atoms with Gasteiger partial charge in [-0.2, -0.15) is 11.8 Å². The van der Waals surface area contributed by atoms with Gasteiger partial charge in [0.25, 0.3) is 5.91 Å². The third-order valence-electron chi connectivity index (χ3n) is 3.02. The van der Waals surface area contributed by atoms with Gasteiger partial charge >= 0.3 is 0 Å². The maximum Gasteiger partial charge on any atom is 0.255 e. The van der Waals surface area contributed by atoms with E-state index in [9.17, 15) is 9.90 Å². The summed E-state index contributed by atoms with van der Waals surface area (Å²) in [5.74, 6) is 1.83. The Morgan fingerprint density at radius 1 is 1.29 bits per heavy atom. The number of nitrogens with one attached hydrogen (secondary N) is 1. The van der Waals surface area contributed by atoms with Crippen molar-refractivity contribution in [3.8, 4) is 0 Å². The molecule has 0 spiro atoms. The average Bonchev–Trinajstić information content (AvgIpc) is 2.54. The van der Waals surface area contributed by atoms with E-state index in [2.05, 4.69) is 17.2 Å². The minimum atomic E-state index is -0.201. The van der Waals surface area contributed by atoms with E-state index < -0.39 is 0 Å². The summed E-state index contributed by atoms with van der Waals surface area (Å²) in [5.41, 5.74) is 2.98. The molecule has 0 fully saturated rings. The molecule has 21 heavy (non-hydrogen) atoms. The lowest BCUT2D eigenvalue weighted by molar-refractivity contribution is 0.102. The van der Waals surface area contributed by atoms with Crippen molar-refractivity contribution in [2.75, 3.05) is 11.1 Å². The van der Waals surface area contributed by atoms with E-state index in [0.29, 0.717) is 16.8 Å². The molecule has 1 aromatic carbocycles. The number of carbonyl (C=O) groups is 1. The summed E-state index contributed by atoms with van der Waals surface area (Å²) in [6.07, 6.45) is 3.12. The van der Waals surface area contributed by atoms with Gasteiger partial charge in [0.2, 0.25) is 0 Å². The first-order valence-corrected chi connectivity index (χ1v) is 7.92. The van der Waals surface area contributed by atoms with Crippen LogP contribution in [0.3, 0.4) is 0 Å². The van der Waals surface area contributed by atoms with E-state index in [0.717, 1.165) is 11.5 Å². The average molecular weight is 302 g/mol. The van der Waals surface area contributed by atoms with Crippen molar-refractivity contribution in [2.24, 2.45) is 0 Å². The lowest BCUT2D eigenvalue weighted by atomic mass is 10.1. The summed E-state index contributed by atoms with van der Waals surface area (Å²) in [4.78, 5) is 16.1. The van der Waals surface area contributed by atoms with Gasteiger partial charge in [0.15, 0.2) is 0 Å². The van der Waals surface area contributed by atoms with Gasteiger partial charge < -0.3 is 10.4 Å². The van der Waals surface area contributed by atoms with Gasteiger partial charge in [-0.05, 0) is 29.5 Å². The van der Waals surface area contributed by atoms with Crippen molar-refractivity contribution in [3.05, 3.63) is 59.4 Å². The fraction of sp³-hybridized carbons (Fsp3) is 0.250. The zero-order chi connectivity index (χ0) is 15.1. The summed E-state index contributed by atoms with van der Waals surface area (Å²) in [6, 6.07) is 9.24. The van der Waals surface area contributed by atoms with Gasteiger partial charge in [0.1, 0.15) is 0 Å². The van der Waals surface area contributed by atoms with Gasteiger partial charge in [-0.1, -0.05) is 19.1 Å². The molecule has 0 bridgehead atoms. The van der Waals surface area contributed by atoms with E-state index in [4.69, 9.17) is 0 Å². The Labute approximate surface area is 128 Å². The number of hydrogen-bond acceptors (Lipinski definition) is 4. The predicted octanol–water partition coefficient (Wildman–Crippen LogP) is 3.08. The molecule has 2 aromatic rings. The number of anilines is 1. The zero-order valence-electron chi connectivity index (χ0n) is 11.9. The third kappa shape index (κ3) is 4.31. The highest BCUT2D eigenvalue weighted by Gasteiger charge is 2.09. The molecule has 4 nitrogen and oxygen atoms in total. The van der Waals surface area contributed by atoms with Crippen LogP contribution in [0.4, 0.5) is 5.69 Å². The Morgan fingerprint density at radius 3 is 2.71 bits per heavy atom. The number of aromatic nitrogens is 1. The van der Waals surface area contributed by atoms with E-state index >= 15 is 0 Å². The quantitative estimate of drug-likeness (QED) is 0.861. The fourth-order valence-corrected chi connectivity index (χ4v) is 2.47. The smallest absolute Gasteiger partial charge is 0.255 e. The van der Waals surface area contributed by atoms with Crippen LogP contribution in [0, 0.1) is 0 Å². The van der Waals surface area contributed by atoms with Crippen molar-refractivity contribution in [1.29, 1.82) is 0 Å². The molecule has 0 aliphatic rings. The minimum absolute atomic E-state index is 0.134. The van der Waals surface area contributed by atoms with Crippen molar-refractivity contribution >= 4 is 23.4 Å². The van der Waals surface area contributed by atoms with E-state index in [1.54, 1.807) is 12.3 Å². The molecule has 5 heteroatoms. The number of thioether (sulfide) groups is 1. The summed E-state index contributed by atoms with van der Waals surface area (Å²) in [5, 5.41) is 12.0. The molecular formula is C16H18N2O2S. The molecule has 0 atom stereocenters. The number of pyridine rings is 1. The van der Waals surface area contributed by atoms with Crippen molar-refractivity contribution in [2.45, 2.75) is 19.3 Å². The topological polar surface area (TPSA) is 62.2 Å². The van der Waals surface area contributed by atoms with Crippen LogP contribution in [0.15, 0.2) is 42.7 Å². The van der Waals surface area contributed by atoms with Crippen LogP contribution >= 0.6 is 11.8 Å². The number of amides is 1. The molecule has 1 heterocycles. The maximum atomic E-state index is 12.2. The number of aliphatic hydroxyl groups is 1. The Kier molecular flexibility index (Phi) is 5.78. The van der Waals surface area contributed by atoms with E-state index in [1.807, 2.05) is 36.0 Å². The normalized spacial score (nSPS) is 10.4. The standard InChI is InChI=1S/C16H18N2O2S/c1-2-21-11-12-3-5-13(6-4-12)16(20)18-15-9-17-8-7-14(15)10-19/h3-9,19H,2,10-11H2,1H3,(H,18,20). The van der Waals surface area contributed by atoms with Crippen LogP contribution in [0.1, 0.15) is 28.4 Å². The molecule has 0 aliphatic carbocycles. The number of hydrogen-bond donors (Lipinski definition) is 2. The van der Waals surface area contributed by atoms with Gasteiger partial charge in [0.05, 0.1) is 18.5 Å². The molecule has 1 amide bonds. The number of rotatable bonds is 6. The van der Waals surface area contributed by atoms with Crippen LogP contribution in [0.5, 0.6) is 0 Å². The molecule has 0 saturated carbocycles. The molecule has 0 radical (unpaired) electrons. The second-order valence-electron chi connectivity index (χ2n) is 4.48. The summed E-state index contributed by atoms with van der Waals surface area (Å²) in [6.45, 7) is 1.99. The highest BCUT2D eigenvalue weighted by molar-refractivity contribution is 7.98. The molecule has 2 rings (SSSR count). The first kappa shape index (κ1) is 15.5. The highest BCUT2D eigenvalue weighted by Crippen LogP contribution is 2.16. The Hall–Kier alpha value is -1.85. The predicted molar refractivity (Wildman–Crippen MR) is 86.4 cm³/mol. The minimum Gasteiger partial charge on any atom is -0.392 e. The fourth-order valence-electron chi connectivity index (χ4n) is 1.84. The first-order valence-electron chi connectivity index (χ1n) is 6.76. The van der Waals surface area contributed by atoms with Gasteiger partial charge in [-0.3, -0.25) is 9.78 Å². The van der Waals surface area contributed by atoms with Gasteiger partial charge in [-0.25, -0.2) is 0 Å². The van der Waals surface area contributed by atoms with Crippen molar-refractivity contribution in [3.63, 3.8) is 0 Å². The van der Waals surface area contributed by atoms with Gasteiger partial charge in [-0.15, -0.1) is 0 Å². The van der Waals surface area contributed by atoms with Crippen LogP contribution in [0.2, 0.25) is 0 Å². The lowest BCUT2D eigenvalue weighted by Crippen LogP contribution is -2.13. The van der Waals surface area contributed by atoms with E-state index in [1.165, 1.54) is 11.8 Å². The summed E-state index contributed by atoms with van der Waals surface area (Å²) < 4.78 is 0. The summed E-state index contributed by atoms with van der Waals surface area (Å²) in [7, 11) is 0. The van der Waals surface area contributed by atoms with Crippen LogP contribution in [0.25, 0.3) is 0 Å². The Balaban J connectivity index is 2.06. The zero-order valence-corrected chi connectivity index (χ0v) is 12.7.